The molecule has 1 atom stereocenters. The normalized spacial score (nSPS) is 12.1. The summed E-state index contributed by atoms with van der Waals surface area (Å²) in [5, 5.41) is 0. The molecule has 1 rings (SSSR count). The summed E-state index contributed by atoms with van der Waals surface area (Å²) in [7, 11) is 0. The lowest BCUT2D eigenvalue weighted by Gasteiger charge is -2.16. The molecule has 0 amide bonds. The van der Waals surface area contributed by atoms with Crippen LogP contribution in [0.25, 0.3) is 6.08 Å². The maximum Gasteiger partial charge on any atom is 0.126 e. The van der Waals surface area contributed by atoms with Crippen LogP contribution in [0.3, 0.4) is 0 Å². The molecule has 1 aromatic rings. The van der Waals surface area contributed by atoms with E-state index >= 15 is 0 Å². The molecule has 0 aliphatic rings. The van der Waals surface area contributed by atoms with Gasteiger partial charge < -0.3 is 4.74 Å². The Morgan fingerprint density at radius 3 is 2.29 bits per heavy atom. The van der Waals surface area contributed by atoms with Crippen molar-refractivity contribution in [1.29, 1.82) is 0 Å². The first kappa shape index (κ1) is 17.8. The van der Waals surface area contributed by atoms with E-state index in [4.69, 9.17) is 4.74 Å². The van der Waals surface area contributed by atoms with Crippen LogP contribution in [0.4, 0.5) is 0 Å². The van der Waals surface area contributed by atoms with Gasteiger partial charge in [0.2, 0.25) is 0 Å². The Labute approximate surface area is 131 Å². The molecule has 118 valence electrons. The largest absolute Gasteiger partial charge is 0.490 e. The van der Waals surface area contributed by atoms with Gasteiger partial charge in [-0.1, -0.05) is 82.7 Å². The van der Waals surface area contributed by atoms with Gasteiger partial charge in [-0.3, -0.25) is 0 Å². The first-order valence-corrected chi connectivity index (χ1v) is 8.66. The third-order valence-corrected chi connectivity index (χ3v) is 3.93. The molecule has 0 spiro atoms. The Bertz CT molecular complexity index is 383. The summed E-state index contributed by atoms with van der Waals surface area (Å²) in [6.45, 7) is 8.27. The molecule has 1 unspecified atom stereocenters. The highest BCUT2D eigenvalue weighted by molar-refractivity contribution is 5.55. The number of para-hydroxylation sites is 1. The minimum Gasteiger partial charge on any atom is -0.490 e. The number of unbranched alkanes of at least 4 members (excludes halogenated alkanes) is 7. The van der Waals surface area contributed by atoms with Crippen LogP contribution < -0.4 is 4.74 Å². The molecule has 1 aromatic carbocycles. The summed E-state index contributed by atoms with van der Waals surface area (Å²) in [6, 6.07) is 8.12. The molecule has 0 aliphatic heterocycles. The second kappa shape index (κ2) is 11.4. The lowest BCUT2D eigenvalue weighted by atomic mass is 10.1. The molecular weight excluding hydrogens is 256 g/mol. The second-order valence-electron chi connectivity index (χ2n) is 5.93. The van der Waals surface area contributed by atoms with Gasteiger partial charge in [0.05, 0.1) is 6.10 Å². The van der Waals surface area contributed by atoms with Gasteiger partial charge in [0.25, 0.3) is 0 Å². The smallest absolute Gasteiger partial charge is 0.126 e. The Kier molecular flexibility index (Phi) is 9.69. The molecule has 0 aromatic heterocycles. The van der Waals surface area contributed by atoms with E-state index in [0.717, 1.165) is 17.7 Å². The molecule has 0 aliphatic carbocycles. The summed E-state index contributed by atoms with van der Waals surface area (Å²) in [6.07, 6.45) is 14.2. The minimum atomic E-state index is 0.284. The lowest BCUT2D eigenvalue weighted by Crippen LogP contribution is -2.12. The monoisotopic (exact) mass is 288 g/mol. The van der Waals surface area contributed by atoms with E-state index < -0.39 is 0 Å². The van der Waals surface area contributed by atoms with Crippen molar-refractivity contribution in [1.82, 2.24) is 0 Å². The van der Waals surface area contributed by atoms with Gasteiger partial charge in [0.15, 0.2) is 0 Å². The fourth-order valence-electron chi connectivity index (χ4n) is 2.60. The van der Waals surface area contributed by atoms with Crippen molar-refractivity contribution in [3.05, 3.63) is 36.4 Å². The Morgan fingerprint density at radius 1 is 1.00 bits per heavy atom. The summed E-state index contributed by atoms with van der Waals surface area (Å²) in [4.78, 5) is 0. The summed E-state index contributed by atoms with van der Waals surface area (Å²) < 4.78 is 6.02. The SMILES string of the molecule is C=Cc1ccccc1OC(C)CCCCCCCCCC. The van der Waals surface area contributed by atoms with Crippen LogP contribution in [0.15, 0.2) is 30.8 Å². The van der Waals surface area contributed by atoms with Gasteiger partial charge in [-0.2, -0.15) is 0 Å². The highest BCUT2D eigenvalue weighted by Crippen LogP contribution is 2.21. The van der Waals surface area contributed by atoms with E-state index in [1.165, 1.54) is 51.4 Å². The quantitative estimate of drug-likeness (QED) is 0.392. The molecule has 0 N–H and O–H groups in total. The fraction of sp³-hybridized carbons (Fsp3) is 0.600. The van der Waals surface area contributed by atoms with Crippen molar-refractivity contribution in [2.24, 2.45) is 0 Å². The standard InChI is InChI=1S/C20H32O/c1-4-6-7-8-9-10-11-12-15-18(3)21-20-17-14-13-16-19(20)5-2/h5,13-14,16-18H,2,4,6-12,15H2,1,3H3. The molecule has 1 nitrogen and oxygen atoms in total. The van der Waals surface area contributed by atoms with Crippen LogP contribution in [0.5, 0.6) is 5.75 Å². The maximum absolute atomic E-state index is 6.02. The Hall–Kier alpha value is -1.24. The fourth-order valence-corrected chi connectivity index (χ4v) is 2.60. The van der Waals surface area contributed by atoms with Gasteiger partial charge >= 0.3 is 0 Å². The topological polar surface area (TPSA) is 9.23 Å². The van der Waals surface area contributed by atoms with Crippen LogP contribution in [0.2, 0.25) is 0 Å². The molecule has 0 saturated heterocycles. The maximum atomic E-state index is 6.02. The highest BCUT2D eigenvalue weighted by Gasteiger charge is 2.06. The zero-order valence-electron chi connectivity index (χ0n) is 13.9. The van der Waals surface area contributed by atoms with Crippen molar-refractivity contribution < 1.29 is 4.74 Å². The van der Waals surface area contributed by atoms with E-state index in [9.17, 15) is 0 Å². The van der Waals surface area contributed by atoms with Gasteiger partial charge in [0, 0.05) is 5.56 Å². The Morgan fingerprint density at radius 2 is 1.62 bits per heavy atom. The van der Waals surface area contributed by atoms with Crippen molar-refractivity contribution in [2.45, 2.75) is 77.7 Å². The van der Waals surface area contributed by atoms with E-state index in [1.54, 1.807) is 0 Å². The molecule has 0 saturated carbocycles. The van der Waals surface area contributed by atoms with E-state index in [0.29, 0.717) is 0 Å². The van der Waals surface area contributed by atoms with Crippen molar-refractivity contribution in [3.8, 4) is 5.75 Å². The van der Waals surface area contributed by atoms with Crippen molar-refractivity contribution >= 4 is 6.08 Å². The molecule has 0 bridgehead atoms. The van der Waals surface area contributed by atoms with E-state index in [1.807, 2.05) is 30.3 Å². The van der Waals surface area contributed by atoms with Crippen LogP contribution in [-0.2, 0) is 0 Å². The third kappa shape index (κ3) is 7.94. The Balaban J connectivity index is 2.11. The second-order valence-corrected chi connectivity index (χ2v) is 5.93. The van der Waals surface area contributed by atoms with Gasteiger partial charge in [-0.25, -0.2) is 0 Å². The average molecular weight is 288 g/mol. The molecule has 21 heavy (non-hydrogen) atoms. The van der Waals surface area contributed by atoms with E-state index in [-0.39, 0.29) is 6.10 Å². The predicted octanol–water partition coefficient (Wildman–Crippen LogP) is 6.63. The highest BCUT2D eigenvalue weighted by atomic mass is 16.5. The number of rotatable bonds is 12. The van der Waals surface area contributed by atoms with E-state index in [2.05, 4.69) is 20.4 Å². The molecule has 0 fully saturated rings. The molecule has 0 heterocycles. The van der Waals surface area contributed by atoms with Gasteiger partial charge in [-0.15, -0.1) is 0 Å². The van der Waals surface area contributed by atoms with Gasteiger partial charge in [0.1, 0.15) is 5.75 Å². The first-order valence-electron chi connectivity index (χ1n) is 8.66. The molecular formula is C20H32O. The van der Waals surface area contributed by atoms with Crippen molar-refractivity contribution in [2.75, 3.05) is 0 Å². The third-order valence-electron chi connectivity index (χ3n) is 3.93. The molecule has 1 heteroatoms. The number of benzene rings is 1. The summed E-state index contributed by atoms with van der Waals surface area (Å²) in [5.74, 6) is 0.958. The van der Waals surface area contributed by atoms with Gasteiger partial charge in [-0.05, 0) is 25.8 Å². The minimum absolute atomic E-state index is 0.284. The summed E-state index contributed by atoms with van der Waals surface area (Å²) in [5.41, 5.74) is 1.08. The van der Waals surface area contributed by atoms with Crippen LogP contribution in [0, 0.1) is 0 Å². The van der Waals surface area contributed by atoms with Crippen LogP contribution in [-0.4, -0.2) is 6.10 Å². The van der Waals surface area contributed by atoms with Crippen LogP contribution >= 0.6 is 0 Å². The van der Waals surface area contributed by atoms with Crippen molar-refractivity contribution in [3.63, 3.8) is 0 Å². The number of hydrogen-bond donors (Lipinski definition) is 0. The van der Waals surface area contributed by atoms with Crippen LogP contribution in [0.1, 0.15) is 77.2 Å². The zero-order chi connectivity index (χ0) is 15.3. The lowest BCUT2D eigenvalue weighted by molar-refractivity contribution is 0.206. The first-order chi connectivity index (χ1) is 10.3. The molecule has 0 radical (unpaired) electrons. The average Bonchev–Trinajstić information content (AvgIpc) is 2.50. The number of hydrogen-bond acceptors (Lipinski definition) is 1. The predicted molar refractivity (Wildman–Crippen MR) is 93.9 cm³/mol. The summed E-state index contributed by atoms with van der Waals surface area (Å²) >= 11 is 0. The zero-order valence-corrected chi connectivity index (χ0v) is 13.9. The number of ether oxygens (including phenoxy) is 1.